The van der Waals surface area contributed by atoms with Crippen molar-refractivity contribution in [1.82, 2.24) is 0 Å². The average molecular weight is 480 g/mol. The summed E-state index contributed by atoms with van der Waals surface area (Å²) in [7, 11) is 0. The fourth-order valence-corrected chi connectivity index (χ4v) is 4.35. The van der Waals surface area contributed by atoms with E-state index in [1.165, 1.54) is 18.1 Å². The molecule has 2 aliphatic rings. The number of hydrogen-bond donors (Lipinski definition) is 1. The summed E-state index contributed by atoms with van der Waals surface area (Å²) in [5, 5.41) is 2.80. The summed E-state index contributed by atoms with van der Waals surface area (Å²) in [4.78, 5) is 21.2. The van der Waals surface area contributed by atoms with Gasteiger partial charge in [0.15, 0.2) is 0 Å². The van der Waals surface area contributed by atoms with E-state index in [1.54, 1.807) is 0 Å². The van der Waals surface area contributed by atoms with E-state index in [9.17, 15) is 4.79 Å². The molecular formula is C30H29N3O3. The lowest BCUT2D eigenvalue weighted by atomic mass is 10.1. The molecule has 0 unspecified atom stereocenters. The van der Waals surface area contributed by atoms with E-state index < -0.39 is 0 Å². The number of nitrogens with zero attached hydrogens (tertiary/aromatic N) is 2. The lowest BCUT2D eigenvalue weighted by molar-refractivity contribution is -0.114. The van der Waals surface area contributed by atoms with E-state index in [1.807, 2.05) is 66.7 Å². The maximum atomic E-state index is 11.4. The number of carbonyl (C=O) groups is 1. The van der Waals surface area contributed by atoms with Crippen LogP contribution in [0.2, 0.25) is 0 Å². The summed E-state index contributed by atoms with van der Waals surface area (Å²) < 4.78 is 12.2. The smallest absolute Gasteiger partial charge is 0.222 e. The van der Waals surface area contributed by atoms with Gasteiger partial charge in [0, 0.05) is 12.6 Å². The topological polar surface area (TPSA) is 72.3 Å². The van der Waals surface area contributed by atoms with Gasteiger partial charge in [-0.3, -0.25) is 4.79 Å². The molecule has 6 nitrogen and oxygen atoms in total. The number of hydrogen-bond acceptors (Lipinski definition) is 5. The molecular weight excluding hydrogens is 450 g/mol. The van der Waals surface area contributed by atoms with Crippen LogP contribution in [0.3, 0.4) is 0 Å². The zero-order valence-corrected chi connectivity index (χ0v) is 20.3. The molecule has 36 heavy (non-hydrogen) atoms. The van der Waals surface area contributed by atoms with Gasteiger partial charge in [-0.2, -0.15) is 0 Å². The number of benzene rings is 3. The first-order chi connectivity index (χ1) is 17.6. The number of ether oxygens (including phenoxy) is 2. The van der Waals surface area contributed by atoms with Crippen molar-refractivity contribution in [2.45, 2.75) is 31.8 Å². The number of carbonyl (C=O) groups excluding carboxylic acids is 1. The van der Waals surface area contributed by atoms with Gasteiger partial charge in [0.1, 0.15) is 13.2 Å². The minimum atomic E-state index is -0.102. The van der Waals surface area contributed by atoms with Crippen LogP contribution in [-0.4, -0.2) is 43.0 Å². The summed E-state index contributed by atoms with van der Waals surface area (Å²) in [6, 6.07) is 28.3. The molecule has 0 aromatic heterocycles. The van der Waals surface area contributed by atoms with Crippen molar-refractivity contribution in [1.29, 1.82) is 0 Å². The molecule has 0 radical (unpaired) electrons. The molecule has 1 N–H and O–H groups in total. The van der Waals surface area contributed by atoms with Gasteiger partial charge in [-0.15, -0.1) is 0 Å². The van der Waals surface area contributed by atoms with E-state index in [2.05, 4.69) is 29.6 Å². The molecule has 2 atom stereocenters. The molecule has 2 aliphatic heterocycles. The SMILES string of the molecule is CC(=O)Nc1ccc(C=C(C2=N[C@@H](Cc3ccccc3)CO2)C2=N[C@@H](Cc3ccccc3)CO2)cc1. The molecule has 0 spiro atoms. The number of amides is 1. The van der Waals surface area contributed by atoms with Crippen molar-refractivity contribution >= 4 is 29.5 Å². The quantitative estimate of drug-likeness (QED) is 0.488. The fourth-order valence-electron chi connectivity index (χ4n) is 4.35. The molecule has 3 aromatic rings. The van der Waals surface area contributed by atoms with Gasteiger partial charge in [-0.05, 0) is 47.7 Å². The monoisotopic (exact) mass is 479 g/mol. The Morgan fingerprint density at radius 2 is 1.31 bits per heavy atom. The molecule has 0 saturated carbocycles. The number of anilines is 1. The van der Waals surface area contributed by atoms with Gasteiger partial charge in [0.05, 0.1) is 17.7 Å². The predicted octanol–water partition coefficient (Wildman–Crippen LogP) is 5.11. The van der Waals surface area contributed by atoms with Crippen LogP contribution in [0.1, 0.15) is 23.6 Å². The van der Waals surface area contributed by atoms with E-state index in [4.69, 9.17) is 19.5 Å². The standard InChI is InChI=1S/C30H29N3O3/c1-21(34)31-25-14-12-24(13-15-25)18-28(29-32-26(19-35-29)16-22-8-4-2-5-9-22)30-33-27(20-36-30)17-23-10-6-3-7-11-23/h2-15,18,26-27H,16-17,19-20H2,1H3,(H,31,34)/t26-,27-/m0/s1. The van der Waals surface area contributed by atoms with E-state index in [0.29, 0.717) is 25.0 Å². The van der Waals surface area contributed by atoms with Crippen molar-refractivity contribution in [3.05, 3.63) is 107 Å². The molecule has 3 aromatic carbocycles. The summed E-state index contributed by atoms with van der Waals surface area (Å²) in [6.45, 7) is 2.53. The minimum absolute atomic E-state index is 0.0371. The summed E-state index contributed by atoms with van der Waals surface area (Å²) in [6.07, 6.45) is 3.62. The third-order valence-corrected chi connectivity index (χ3v) is 6.06. The molecule has 0 bridgehead atoms. The largest absolute Gasteiger partial charge is 0.475 e. The fraction of sp³-hybridized carbons (Fsp3) is 0.233. The Morgan fingerprint density at radius 3 is 1.78 bits per heavy atom. The van der Waals surface area contributed by atoms with Gasteiger partial charge in [0.25, 0.3) is 0 Å². The Morgan fingerprint density at radius 1 is 0.806 bits per heavy atom. The maximum Gasteiger partial charge on any atom is 0.222 e. The Kier molecular flexibility index (Phi) is 7.22. The van der Waals surface area contributed by atoms with Gasteiger partial charge in [-0.25, -0.2) is 9.98 Å². The van der Waals surface area contributed by atoms with Crippen LogP contribution in [0.25, 0.3) is 6.08 Å². The van der Waals surface area contributed by atoms with Crippen LogP contribution in [-0.2, 0) is 27.1 Å². The molecule has 182 valence electrons. The van der Waals surface area contributed by atoms with Crippen LogP contribution in [0.4, 0.5) is 5.69 Å². The first-order valence-electron chi connectivity index (χ1n) is 12.2. The van der Waals surface area contributed by atoms with Gasteiger partial charge >= 0.3 is 0 Å². The highest BCUT2D eigenvalue weighted by Gasteiger charge is 2.29. The third kappa shape index (κ3) is 6.08. The highest BCUT2D eigenvalue weighted by Crippen LogP contribution is 2.23. The highest BCUT2D eigenvalue weighted by atomic mass is 16.5. The Balaban J connectivity index is 1.41. The molecule has 1 amide bonds. The molecule has 2 heterocycles. The molecule has 0 aliphatic carbocycles. The van der Waals surface area contributed by atoms with Crippen LogP contribution >= 0.6 is 0 Å². The molecule has 6 heteroatoms. The average Bonchev–Trinajstić information content (AvgIpc) is 3.54. The minimum Gasteiger partial charge on any atom is -0.475 e. The second kappa shape index (κ2) is 11.0. The van der Waals surface area contributed by atoms with Crippen molar-refractivity contribution in [3.63, 3.8) is 0 Å². The lowest BCUT2D eigenvalue weighted by Gasteiger charge is -2.08. The molecule has 5 rings (SSSR count). The zero-order valence-electron chi connectivity index (χ0n) is 20.3. The number of nitrogens with one attached hydrogen (secondary N) is 1. The predicted molar refractivity (Wildman–Crippen MR) is 143 cm³/mol. The van der Waals surface area contributed by atoms with Gasteiger partial charge in [0.2, 0.25) is 17.7 Å². The molecule has 0 saturated heterocycles. The second-order valence-electron chi connectivity index (χ2n) is 9.04. The molecule has 0 fully saturated rings. The first kappa shape index (κ1) is 23.5. The second-order valence-corrected chi connectivity index (χ2v) is 9.04. The van der Waals surface area contributed by atoms with E-state index in [-0.39, 0.29) is 18.0 Å². The summed E-state index contributed by atoms with van der Waals surface area (Å²) in [5.41, 5.74) is 4.89. The Hall–Kier alpha value is -4.19. The Labute approximate surface area is 211 Å². The van der Waals surface area contributed by atoms with Crippen LogP contribution in [0.15, 0.2) is 100 Å². The zero-order chi connectivity index (χ0) is 24.7. The number of rotatable bonds is 8. The van der Waals surface area contributed by atoms with E-state index >= 15 is 0 Å². The van der Waals surface area contributed by atoms with Crippen molar-refractivity contribution in [2.75, 3.05) is 18.5 Å². The summed E-state index contributed by atoms with van der Waals surface area (Å²) >= 11 is 0. The lowest BCUT2D eigenvalue weighted by Crippen LogP contribution is -2.14. The first-order valence-corrected chi connectivity index (χ1v) is 12.2. The van der Waals surface area contributed by atoms with Gasteiger partial charge < -0.3 is 14.8 Å². The maximum absolute atomic E-state index is 11.4. The van der Waals surface area contributed by atoms with Gasteiger partial charge in [-0.1, -0.05) is 72.8 Å². The Bertz CT molecular complexity index is 1210. The van der Waals surface area contributed by atoms with Crippen molar-refractivity contribution < 1.29 is 14.3 Å². The normalized spacial score (nSPS) is 18.5. The van der Waals surface area contributed by atoms with Crippen LogP contribution < -0.4 is 5.32 Å². The number of aliphatic imine (C=N–C) groups is 2. The van der Waals surface area contributed by atoms with Crippen molar-refractivity contribution in [2.24, 2.45) is 9.98 Å². The highest BCUT2D eigenvalue weighted by molar-refractivity contribution is 6.22. The summed E-state index contributed by atoms with van der Waals surface area (Å²) in [5.74, 6) is 1.01. The third-order valence-electron chi connectivity index (χ3n) is 6.06. The van der Waals surface area contributed by atoms with Crippen molar-refractivity contribution in [3.8, 4) is 0 Å². The van der Waals surface area contributed by atoms with Crippen LogP contribution in [0.5, 0.6) is 0 Å². The van der Waals surface area contributed by atoms with Crippen LogP contribution in [0, 0.1) is 0 Å². The van der Waals surface area contributed by atoms with E-state index in [0.717, 1.165) is 29.7 Å².